The molecule has 20 heavy (non-hydrogen) atoms. The maximum absolute atomic E-state index is 9.77. The summed E-state index contributed by atoms with van der Waals surface area (Å²) in [6.45, 7) is 3.28. The van der Waals surface area contributed by atoms with Gasteiger partial charge in [-0.25, -0.2) is 0 Å². The first-order chi connectivity index (χ1) is 9.76. The molecule has 1 aliphatic carbocycles. The third-order valence-corrected chi connectivity index (χ3v) is 4.43. The summed E-state index contributed by atoms with van der Waals surface area (Å²) in [6, 6.07) is 7.11. The van der Waals surface area contributed by atoms with Crippen LogP contribution in [0.25, 0.3) is 0 Å². The molecule has 0 unspecified atom stereocenters. The van der Waals surface area contributed by atoms with Crippen LogP contribution in [0, 0.1) is 0 Å². The number of nitrogens with zero attached hydrogens (tertiary/aromatic N) is 1. The molecule has 2 aliphatic rings. The molecule has 0 radical (unpaired) electrons. The Balaban J connectivity index is 1.46. The minimum atomic E-state index is 0.218. The van der Waals surface area contributed by atoms with Crippen LogP contribution < -0.4 is 10.1 Å². The van der Waals surface area contributed by atoms with Crippen LogP contribution in [0.15, 0.2) is 18.2 Å². The molecular weight excluding hydrogens is 252 g/mol. The van der Waals surface area contributed by atoms with Gasteiger partial charge in [0.25, 0.3) is 0 Å². The lowest BCUT2D eigenvalue weighted by Crippen LogP contribution is -2.43. The minimum Gasteiger partial charge on any atom is -0.504 e. The van der Waals surface area contributed by atoms with Crippen LogP contribution in [0.3, 0.4) is 0 Å². The van der Waals surface area contributed by atoms with Gasteiger partial charge in [0.1, 0.15) is 0 Å². The average Bonchev–Trinajstić information content (AvgIpc) is 3.30. The van der Waals surface area contributed by atoms with Gasteiger partial charge in [-0.05, 0) is 56.5 Å². The van der Waals surface area contributed by atoms with Crippen LogP contribution >= 0.6 is 0 Å². The highest BCUT2D eigenvalue weighted by atomic mass is 16.5. The Hall–Kier alpha value is -1.26. The highest BCUT2D eigenvalue weighted by Crippen LogP contribution is 2.29. The summed E-state index contributed by atoms with van der Waals surface area (Å²) in [4.78, 5) is 2.64. The number of phenols is 1. The van der Waals surface area contributed by atoms with Gasteiger partial charge in [0.15, 0.2) is 11.5 Å². The Bertz CT molecular complexity index is 452. The number of methoxy groups -OCH3 is 1. The molecule has 0 amide bonds. The second-order valence-corrected chi connectivity index (χ2v) is 5.93. The maximum Gasteiger partial charge on any atom is 0.160 e. The summed E-state index contributed by atoms with van der Waals surface area (Å²) in [5.74, 6) is 0.752. The lowest BCUT2D eigenvalue weighted by molar-refractivity contribution is 0.189. The van der Waals surface area contributed by atoms with Crippen LogP contribution in [0.5, 0.6) is 11.5 Å². The van der Waals surface area contributed by atoms with Gasteiger partial charge in [0, 0.05) is 18.6 Å². The van der Waals surface area contributed by atoms with Crippen molar-refractivity contribution in [2.75, 3.05) is 20.2 Å². The molecule has 1 aromatic carbocycles. The van der Waals surface area contributed by atoms with Crippen LogP contribution in [-0.2, 0) is 6.54 Å². The summed E-state index contributed by atoms with van der Waals surface area (Å²) in [6.07, 6.45) is 5.28. The number of likely N-dealkylation sites (tertiary alicyclic amines) is 1. The van der Waals surface area contributed by atoms with E-state index < -0.39 is 0 Å². The summed E-state index contributed by atoms with van der Waals surface area (Å²) in [7, 11) is 1.57. The number of benzene rings is 1. The number of piperidine rings is 1. The first-order valence-electron chi connectivity index (χ1n) is 7.59. The summed E-state index contributed by atoms with van der Waals surface area (Å²) in [5.41, 5.74) is 1.10. The van der Waals surface area contributed by atoms with Crippen molar-refractivity contribution in [3.05, 3.63) is 23.8 Å². The van der Waals surface area contributed by atoms with Gasteiger partial charge in [-0.3, -0.25) is 0 Å². The van der Waals surface area contributed by atoms with E-state index >= 15 is 0 Å². The van der Waals surface area contributed by atoms with Crippen molar-refractivity contribution in [1.82, 2.24) is 10.2 Å². The van der Waals surface area contributed by atoms with Gasteiger partial charge in [-0.2, -0.15) is 0 Å². The predicted molar refractivity (Wildman–Crippen MR) is 79.1 cm³/mol. The maximum atomic E-state index is 9.77. The zero-order valence-electron chi connectivity index (χ0n) is 12.1. The van der Waals surface area contributed by atoms with E-state index in [9.17, 15) is 5.11 Å². The predicted octanol–water partition coefficient (Wildman–Crippen LogP) is 2.12. The normalized spacial score (nSPS) is 21.1. The van der Waals surface area contributed by atoms with Crippen molar-refractivity contribution < 1.29 is 9.84 Å². The van der Waals surface area contributed by atoms with Gasteiger partial charge in [-0.1, -0.05) is 6.07 Å². The molecule has 1 aromatic rings. The first-order valence-corrected chi connectivity index (χ1v) is 7.59. The van der Waals surface area contributed by atoms with Crippen molar-refractivity contribution in [1.29, 1.82) is 0 Å². The van der Waals surface area contributed by atoms with E-state index in [4.69, 9.17) is 4.74 Å². The smallest absolute Gasteiger partial charge is 0.160 e. The lowest BCUT2D eigenvalue weighted by Gasteiger charge is -2.32. The van der Waals surface area contributed by atoms with E-state index in [2.05, 4.69) is 10.2 Å². The molecule has 3 rings (SSSR count). The van der Waals surface area contributed by atoms with Crippen molar-refractivity contribution in [2.45, 2.75) is 44.3 Å². The average molecular weight is 276 g/mol. The van der Waals surface area contributed by atoms with Crippen LogP contribution in [-0.4, -0.2) is 42.3 Å². The van der Waals surface area contributed by atoms with E-state index in [0.29, 0.717) is 11.8 Å². The number of hydrogen-bond donors (Lipinski definition) is 2. The molecule has 1 aliphatic heterocycles. The highest BCUT2D eigenvalue weighted by Gasteiger charge is 2.31. The van der Waals surface area contributed by atoms with E-state index in [1.807, 2.05) is 12.1 Å². The zero-order valence-corrected chi connectivity index (χ0v) is 12.1. The molecule has 0 atom stereocenters. The first kappa shape index (κ1) is 13.7. The van der Waals surface area contributed by atoms with Crippen molar-refractivity contribution >= 4 is 0 Å². The zero-order chi connectivity index (χ0) is 13.9. The summed E-state index contributed by atoms with van der Waals surface area (Å²) < 4.78 is 5.06. The molecule has 1 saturated heterocycles. The summed E-state index contributed by atoms with van der Waals surface area (Å²) >= 11 is 0. The van der Waals surface area contributed by atoms with Crippen molar-refractivity contribution in [3.8, 4) is 11.5 Å². The molecule has 110 valence electrons. The Kier molecular flexibility index (Phi) is 4.13. The largest absolute Gasteiger partial charge is 0.504 e. The Morgan fingerprint density at radius 1 is 1.25 bits per heavy atom. The van der Waals surface area contributed by atoms with E-state index in [-0.39, 0.29) is 5.75 Å². The second-order valence-electron chi connectivity index (χ2n) is 5.93. The second kappa shape index (κ2) is 6.02. The Labute approximate surface area is 120 Å². The number of aromatic hydroxyl groups is 1. The lowest BCUT2D eigenvalue weighted by atomic mass is 10.0. The molecule has 0 bridgehead atoms. The minimum absolute atomic E-state index is 0.218. The Morgan fingerprint density at radius 2 is 2.00 bits per heavy atom. The fourth-order valence-electron chi connectivity index (χ4n) is 3.02. The molecule has 2 fully saturated rings. The van der Waals surface area contributed by atoms with Gasteiger partial charge in [-0.15, -0.1) is 0 Å². The highest BCUT2D eigenvalue weighted by molar-refractivity contribution is 5.41. The van der Waals surface area contributed by atoms with E-state index in [1.165, 1.54) is 38.8 Å². The fraction of sp³-hybridized carbons (Fsp3) is 0.625. The van der Waals surface area contributed by atoms with Crippen LogP contribution in [0.4, 0.5) is 0 Å². The molecule has 0 aromatic heterocycles. The van der Waals surface area contributed by atoms with Crippen LogP contribution in [0.2, 0.25) is 0 Å². The fourth-order valence-corrected chi connectivity index (χ4v) is 3.02. The molecular formula is C16H24N2O2. The topological polar surface area (TPSA) is 44.7 Å². The summed E-state index contributed by atoms with van der Waals surface area (Å²) in [5, 5.41) is 13.4. The third-order valence-electron chi connectivity index (χ3n) is 4.43. The number of hydrogen-bond acceptors (Lipinski definition) is 4. The standard InChI is InChI=1S/C16H24N2O2/c1-20-16-5-2-12(10-15(16)19)11-17-13-6-8-18(9-7-13)14-3-4-14/h2,5,10,13-14,17,19H,3-4,6-9,11H2,1H3. The molecule has 0 spiro atoms. The van der Waals surface area contributed by atoms with Gasteiger partial charge >= 0.3 is 0 Å². The van der Waals surface area contributed by atoms with Crippen molar-refractivity contribution in [2.24, 2.45) is 0 Å². The van der Waals surface area contributed by atoms with Gasteiger partial charge in [0.2, 0.25) is 0 Å². The van der Waals surface area contributed by atoms with E-state index in [0.717, 1.165) is 18.2 Å². The number of rotatable bonds is 5. The quantitative estimate of drug-likeness (QED) is 0.864. The molecule has 2 N–H and O–H groups in total. The number of nitrogens with one attached hydrogen (secondary N) is 1. The molecule has 1 heterocycles. The molecule has 4 nitrogen and oxygen atoms in total. The SMILES string of the molecule is COc1ccc(CNC2CCN(C3CC3)CC2)cc1O. The van der Waals surface area contributed by atoms with E-state index in [1.54, 1.807) is 13.2 Å². The monoisotopic (exact) mass is 276 g/mol. The van der Waals surface area contributed by atoms with Crippen molar-refractivity contribution in [3.63, 3.8) is 0 Å². The van der Waals surface area contributed by atoms with Gasteiger partial charge < -0.3 is 20.1 Å². The van der Waals surface area contributed by atoms with Gasteiger partial charge in [0.05, 0.1) is 7.11 Å². The molecule has 4 heteroatoms. The number of phenolic OH excluding ortho intramolecular Hbond substituents is 1. The number of ether oxygens (including phenoxy) is 1. The third kappa shape index (κ3) is 3.25. The van der Waals surface area contributed by atoms with Crippen LogP contribution in [0.1, 0.15) is 31.2 Å². The Morgan fingerprint density at radius 3 is 2.60 bits per heavy atom. The molecule has 1 saturated carbocycles.